The lowest BCUT2D eigenvalue weighted by molar-refractivity contribution is 0.0590. The standard InChI is InChI=1S/C14H12BrN3O3S/c1-21-13(20)11-7-10(15)8-18(11)17-14(22)16-12(19)9-5-3-2-4-6-9/h2-8H,1H3,(H2,16,17,19,22). The molecule has 0 saturated heterocycles. The Morgan fingerprint density at radius 3 is 2.59 bits per heavy atom. The van der Waals surface area contributed by atoms with E-state index in [0.29, 0.717) is 10.0 Å². The van der Waals surface area contributed by atoms with Crippen molar-refractivity contribution in [2.45, 2.75) is 0 Å². The third kappa shape index (κ3) is 3.92. The molecule has 0 atom stereocenters. The Hall–Kier alpha value is -2.19. The average Bonchev–Trinajstić information content (AvgIpc) is 2.87. The van der Waals surface area contributed by atoms with Gasteiger partial charge in [0.05, 0.1) is 7.11 Å². The minimum Gasteiger partial charge on any atom is -0.464 e. The van der Waals surface area contributed by atoms with Crippen molar-refractivity contribution in [3.63, 3.8) is 0 Å². The van der Waals surface area contributed by atoms with Gasteiger partial charge in [-0.3, -0.25) is 20.2 Å². The fourth-order valence-electron chi connectivity index (χ4n) is 1.69. The molecule has 6 nitrogen and oxygen atoms in total. The maximum absolute atomic E-state index is 12.0. The lowest BCUT2D eigenvalue weighted by Crippen LogP contribution is -2.38. The topological polar surface area (TPSA) is 72.4 Å². The number of hydrogen-bond acceptors (Lipinski definition) is 4. The third-order valence-corrected chi connectivity index (χ3v) is 3.29. The summed E-state index contributed by atoms with van der Waals surface area (Å²) in [5.74, 6) is -0.876. The largest absolute Gasteiger partial charge is 0.464 e. The number of methoxy groups -OCH3 is 1. The highest BCUT2D eigenvalue weighted by molar-refractivity contribution is 9.10. The number of esters is 1. The smallest absolute Gasteiger partial charge is 0.356 e. The highest BCUT2D eigenvalue weighted by Gasteiger charge is 2.15. The molecule has 0 unspecified atom stereocenters. The van der Waals surface area contributed by atoms with E-state index in [1.54, 1.807) is 36.5 Å². The molecule has 1 aromatic heterocycles. The number of halogens is 1. The molecule has 1 aromatic carbocycles. The summed E-state index contributed by atoms with van der Waals surface area (Å²) < 4.78 is 6.70. The summed E-state index contributed by atoms with van der Waals surface area (Å²) in [6.07, 6.45) is 1.59. The average molecular weight is 382 g/mol. The van der Waals surface area contributed by atoms with Crippen LogP contribution in [-0.4, -0.2) is 28.8 Å². The molecule has 2 N–H and O–H groups in total. The van der Waals surface area contributed by atoms with E-state index in [4.69, 9.17) is 12.2 Å². The Kier molecular flexibility index (Phi) is 5.29. The number of ether oxygens (including phenoxy) is 1. The summed E-state index contributed by atoms with van der Waals surface area (Å²) >= 11 is 8.33. The molecule has 0 aliphatic heterocycles. The molecule has 8 heteroatoms. The molecule has 0 saturated carbocycles. The molecule has 0 aliphatic carbocycles. The van der Waals surface area contributed by atoms with Crippen molar-refractivity contribution in [1.82, 2.24) is 9.99 Å². The second kappa shape index (κ2) is 7.19. The Labute approximate surface area is 140 Å². The maximum Gasteiger partial charge on any atom is 0.356 e. The number of rotatable bonds is 3. The van der Waals surface area contributed by atoms with E-state index in [-0.39, 0.29) is 16.7 Å². The van der Waals surface area contributed by atoms with Gasteiger partial charge in [-0.1, -0.05) is 18.2 Å². The molecule has 0 aliphatic rings. The quantitative estimate of drug-likeness (QED) is 0.630. The van der Waals surface area contributed by atoms with Crippen LogP contribution in [0.1, 0.15) is 20.8 Å². The van der Waals surface area contributed by atoms with Crippen LogP contribution >= 0.6 is 28.1 Å². The second-order valence-electron chi connectivity index (χ2n) is 4.17. The molecule has 2 rings (SSSR count). The Morgan fingerprint density at radius 1 is 1.27 bits per heavy atom. The van der Waals surface area contributed by atoms with Crippen LogP contribution < -0.4 is 10.7 Å². The van der Waals surface area contributed by atoms with Gasteiger partial charge in [0.1, 0.15) is 5.69 Å². The molecule has 0 fully saturated rings. The highest BCUT2D eigenvalue weighted by atomic mass is 79.9. The van der Waals surface area contributed by atoms with Gasteiger partial charge in [-0.05, 0) is 46.3 Å². The number of hydrogen-bond donors (Lipinski definition) is 2. The number of nitrogens with zero attached hydrogens (tertiary/aromatic N) is 1. The second-order valence-corrected chi connectivity index (χ2v) is 5.49. The molecule has 0 radical (unpaired) electrons. The van der Waals surface area contributed by atoms with Crippen LogP contribution in [0.2, 0.25) is 0 Å². The van der Waals surface area contributed by atoms with E-state index in [2.05, 4.69) is 31.4 Å². The van der Waals surface area contributed by atoms with Crippen LogP contribution in [0.25, 0.3) is 0 Å². The molecule has 114 valence electrons. The van der Waals surface area contributed by atoms with Crippen molar-refractivity contribution in [3.8, 4) is 0 Å². The molecule has 0 spiro atoms. The first-order chi connectivity index (χ1) is 10.5. The maximum atomic E-state index is 12.0. The van der Waals surface area contributed by atoms with E-state index < -0.39 is 5.97 Å². The Morgan fingerprint density at radius 2 is 1.95 bits per heavy atom. The van der Waals surface area contributed by atoms with Crippen LogP contribution in [0.15, 0.2) is 47.1 Å². The van der Waals surface area contributed by atoms with Crippen LogP contribution in [-0.2, 0) is 4.74 Å². The van der Waals surface area contributed by atoms with Crippen LogP contribution in [0.4, 0.5) is 0 Å². The summed E-state index contributed by atoms with van der Waals surface area (Å²) in [7, 11) is 1.28. The van der Waals surface area contributed by atoms with Gasteiger partial charge in [0.25, 0.3) is 5.91 Å². The van der Waals surface area contributed by atoms with Gasteiger partial charge < -0.3 is 4.74 Å². The van der Waals surface area contributed by atoms with Gasteiger partial charge >= 0.3 is 5.97 Å². The number of aromatic nitrogens is 1. The summed E-state index contributed by atoms with van der Waals surface area (Å²) in [4.78, 5) is 23.6. The third-order valence-electron chi connectivity index (χ3n) is 2.67. The lowest BCUT2D eigenvalue weighted by Gasteiger charge is -2.12. The summed E-state index contributed by atoms with van der Waals surface area (Å²) in [6.45, 7) is 0. The highest BCUT2D eigenvalue weighted by Crippen LogP contribution is 2.14. The zero-order valence-electron chi connectivity index (χ0n) is 11.5. The van der Waals surface area contributed by atoms with E-state index in [1.807, 2.05) is 6.07 Å². The summed E-state index contributed by atoms with van der Waals surface area (Å²) in [5, 5.41) is 2.59. The lowest BCUT2D eigenvalue weighted by atomic mass is 10.2. The van der Waals surface area contributed by atoms with Crippen molar-refractivity contribution in [2.24, 2.45) is 0 Å². The normalized spacial score (nSPS) is 9.91. The fourth-order valence-corrected chi connectivity index (χ4v) is 2.30. The van der Waals surface area contributed by atoms with Crippen LogP contribution in [0.5, 0.6) is 0 Å². The fraction of sp³-hybridized carbons (Fsp3) is 0.0714. The first-order valence-corrected chi connectivity index (χ1v) is 7.35. The van der Waals surface area contributed by atoms with E-state index in [1.165, 1.54) is 11.8 Å². The molecule has 1 heterocycles. The summed E-state index contributed by atoms with van der Waals surface area (Å²) in [5.41, 5.74) is 3.45. The number of thiocarbonyl (C=S) groups is 1. The molecule has 22 heavy (non-hydrogen) atoms. The Bertz CT molecular complexity index is 715. The van der Waals surface area contributed by atoms with Crippen molar-refractivity contribution < 1.29 is 14.3 Å². The number of nitrogens with one attached hydrogen (secondary N) is 2. The van der Waals surface area contributed by atoms with Crippen molar-refractivity contribution in [1.29, 1.82) is 0 Å². The molecule has 1 amide bonds. The van der Waals surface area contributed by atoms with Gasteiger partial charge in [0.15, 0.2) is 5.11 Å². The predicted octanol–water partition coefficient (Wildman–Crippen LogP) is 2.30. The van der Waals surface area contributed by atoms with Gasteiger partial charge in [-0.25, -0.2) is 4.79 Å². The van der Waals surface area contributed by atoms with E-state index in [9.17, 15) is 9.59 Å². The first-order valence-electron chi connectivity index (χ1n) is 6.15. The summed E-state index contributed by atoms with van der Waals surface area (Å²) in [6, 6.07) is 10.2. The van der Waals surface area contributed by atoms with E-state index >= 15 is 0 Å². The molecule has 0 bridgehead atoms. The van der Waals surface area contributed by atoms with Crippen molar-refractivity contribution >= 4 is 45.1 Å². The predicted molar refractivity (Wildman–Crippen MR) is 89.3 cm³/mol. The number of amides is 1. The first kappa shape index (κ1) is 16.2. The molecular formula is C14H12BrN3O3S. The SMILES string of the molecule is COC(=O)c1cc(Br)cn1NC(=S)NC(=O)c1ccccc1. The zero-order chi connectivity index (χ0) is 16.1. The monoisotopic (exact) mass is 381 g/mol. The minimum atomic E-state index is -0.532. The van der Waals surface area contributed by atoms with Gasteiger partial charge in [0.2, 0.25) is 0 Å². The number of carbonyl (C=O) groups is 2. The van der Waals surface area contributed by atoms with Crippen molar-refractivity contribution in [2.75, 3.05) is 12.5 Å². The number of carbonyl (C=O) groups excluding carboxylic acids is 2. The minimum absolute atomic E-state index is 0.0575. The van der Waals surface area contributed by atoms with Crippen molar-refractivity contribution in [3.05, 3.63) is 58.3 Å². The van der Waals surface area contributed by atoms with E-state index in [0.717, 1.165) is 0 Å². The van der Waals surface area contributed by atoms with Crippen LogP contribution in [0, 0.1) is 0 Å². The van der Waals surface area contributed by atoms with Crippen LogP contribution in [0.3, 0.4) is 0 Å². The number of benzene rings is 1. The zero-order valence-corrected chi connectivity index (χ0v) is 13.9. The Balaban J connectivity index is 2.07. The molecule has 2 aromatic rings. The van der Waals surface area contributed by atoms with Gasteiger partial charge in [-0.15, -0.1) is 0 Å². The van der Waals surface area contributed by atoms with Gasteiger partial charge in [-0.2, -0.15) is 0 Å². The van der Waals surface area contributed by atoms with Gasteiger partial charge in [0, 0.05) is 16.2 Å². The molecular weight excluding hydrogens is 370 g/mol.